The molecule has 3 N–H and O–H groups in total. The molecule has 1 heterocycles. The average molecular weight is 547 g/mol. The first kappa shape index (κ1) is 28.6. The van der Waals surface area contributed by atoms with Gasteiger partial charge in [0.15, 0.2) is 11.4 Å². The first-order valence-corrected chi connectivity index (χ1v) is 13.6. The van der Waals surface area contributed by atoms with Gasteiger partial charge in [-0.3, -0.25) is 19.2 Å². The smallest absolute Gasteiger partial charge is 0.325 e. The normalized spacial score (nSPS) is 13.7. The van der Waals surface area contributed by atoms with E-state index in [0.717, 1.165) is 44.4 Å². The summed E-state index contributed by atoms with van der Waals surface area (Å²) in [6, 6.07) is 6.49. The van der Waals surface area contributed by atoms with Crippen LogP contribution in [-0.4, -0.2) is 63.4 Å². The highest BCUT2D eigenvalue weighted by atomic mass is 32.2. The van der Waals surface area contributed by atoms with Gasteiger partial charge in [-0.25, -0.2) is 18.1 Å². The van der Waals surface area contributed by atoms with E-state index in [1.165, 1.54) is 31.4 Å². The van der Waals surface area contributed by atoms with Crippen molar-refractivity contribution in [2.24, 2.45) is 0 Å². The zero-order valence-corrected chi connectivity index (χ0v) is 21.9. The molecule has 0 unspecified atom stereocenters. The number of carbonyl (C=O) groups is 4. The van der Waals surface area contributed by atoms with Gasteiger partial charge in [0.2, 0.25) is 0 Å². The van der Waals surface area contributed by atoms with Crippen LogP contribution in [0, 0.1) is 0 Å². The van der Waals surface area contributed by atoms with Gasteiger partial charge >= 0.3 is 5.97 Å². The molecule has 0 atom stereocenters. The third-order valence-electron chi connectivity index (χ3n) is 5.84. The van der Waals surface area contributed by atoms with Crippen LogP contribution in [0.2, 0.25) is 0 Å². The van der Waals surface area contributed by atoms with E-state index in [1.807, 2.05) is 4.72 Å². The van der Waals surface area contributed by atoms with Gasteiger partial charge in [-0.2, -0.15) is 0 Å². The van der Waals surface area contributed by atoms with E-state index >= 15 is 0 Å². The van der Waals surface area contributed by atoms with Crippen LogP contribution < -0.4 is 20.1 Å². The third kappa shape index (κ3) is 7.51. The highest BCUT2D eigenvalue weighted by molar-refractivity contribution is 7.90. The van der Waals surface area contributed by atoms with E-state index in [4.69, 9.17) is 9.47 Å². The number of esters is 1. The van der Waals surface area contributed by atoms with Crippen molar-refractivity contribution in [1.82, 2.24) is 20.3 Å². The average Bonchev–Trinajstić information content (AvgIpc) is 2.92. The molecule has 1 aromatic carbocycles. The number of aromatic nitrogens is 1. The number of hydrogen-bond acceptors (Lipinski definition) is 9. The summed E-state index contributed by atoms with van der Waals surface area (Å²) >= 11 is 0. The fourth-order valence-electron chi connectivity index (χ4n) is 3.88. The standard InChI is InChI=1S/C25H30N4O8S/c1-3-37-21(30)15-27-25(33)22-20(36-2)13-17(14-26-22)24(32)29-38(34,35)19-11-9-16(10-12-19)23(31)28-18-7-5-4-6-8-18/h9-14,18H,3-8,15H2,1-2H3,(H,27,33)(H,28,31)(H,29,32). The number of ether oxygens (including phenoxy) is 2. The summed E-state index contributed by atoms with van der Waals surface area (Å²) in [6.45, 7) is 1.39. The molecule has 1 aliphatic rings. The Hall–Kier alpha value is -4.00. The van der Waals surface area contributed by atoms with Crippen molar-refractivity contribution in [3.63, 3.8) is 0 Å². The Balaban J connectivity index is 1.66. The molecule has 2 aromatic rings. The van der Waals surface area contributed by atoms with Crippen LogP contribution in [0.1, 0.15) is 70.2 Å². The first-order valence-electron chi connectivity index (χ1n) is 12.1. The molecule has 3 rings (SSSR count). The van der Waals surface area contributed by atoms with Crippen molar-refractivity contribution in [1.29, 1.82) is 0 Å². The maximum atomic E-state index is 12.8. The van der Waals surface area contributed by atoms with E-state index in [9.17, 15) is 27.6 Å². The molecule has 1 fully saturated rings. The minimum absolute atomic E-state index is 0.107. The number of rotatable bonds is 10. The van der Waals surface area contributed by atoms with Crippen molar-refractivity contribution >= 4 is 33.7 Å². The molecule has 12 nitrogen and oxygen atoms in total. The largest absolute Gasteiger partial charge is 0.494 e. The first-order chi connectivity index (χ1) is 18.1. The van der Waals surface area contributed by atoms with Crippen LogP contribution in [0.15, 0.2) is 41.4 Å². The Morgan fingerprint density at radius 1 is 0.974 bits per heavy atom. The molecular weight excluding hydrogens is 516 g/mol. The molecule has 0 aliphatic heterocycles. The van der Waals surface area contributed by atoms with Gasteiger partial charge in [-0.05, 0) is 50.1 Å². The summed E-state index contributed by atoms with van der Waals surface area (Å²) in [6.07, 6.45) is 6.13. The van der Waals surface area contributed by atoms with Gasteiger partial charge in [0, 0.05) is 17.8 Å². The van der Waals surface area contributed by atoms with Crippen molar-refractivity contribution < 1.29 is 37.1 Å². The number of nitrogens with one attached hydrogen (secondary N) is 3. The molecule has 1 saturated carbocycles. The van der Waals surface area contributed by atoms with Crippen LogP contribution in [-0.2, 0) is 19.6 Å². The van der Waals surface area contributed by atoms with Crippen LogP contribution in [0.5, 0.6) is 5.75 Å². The molecule has 0 bridgehead atoms. The van der Waals surface area contributed by atoms with E-state index in [0.29, 0.717) is 5.56 Å². The molecule has 0 radical (unpaired) electrons. The Morgan fingerprint density at radius 2 is 1.66 bits per heavy atom. The molecule has 1 aromatic heterocycles. The Labute approximate surface area is 220 Å². The van der Waals surface area contributed by atoms with Gasteiger partial charge in [0.25, 0.3) is 27.7 Å². The quantitative estimate of drug-likeness (QED) is 0.374. The maximum absolute atomic E-state index is 12.8. The fourth-order valence-corrected chi connectivity index (χ4v) is 4.86. The second-order valence-corrected chi connectivity index (χ2v) is 10.2. The minimum atomic E-state index is -4.28. The second-order valence-electron chi connectivity index (χ2n) is 8.53. The lowest BCUT2D eigenvalue weighted by Gasteiger charge is -2.22. The molecule has 204 valence electrons. The second kappa shape index (κ2) is 13.0. The third-order valence-corrected chi connectivity index (χ3v) is 7.19. The van der Waals surface area contributed by atoms with Crippen LogP contribution in [0.4, 0.5) is 0 Å². The number of nitrogens with zero attached hydrogens (tertiary/aromatic N) is 1. The Morgan fingerprint density at radius 3 is 2.29 bits per heavy atom. The monoisotopic (exact) mass is 546 g/mol. The lowest BCUT2D eigenvalue weighted by Crippen LogP contribution is -2.36. The van der Waals surface area contributed by atoms with Crippen LogP contribution in [0.3, 0.4) is 0 Å². The van der Waals surface area contributed by atoms with Crippen molar-refractivity contribution in [2.75, 3.05) is 20.3 Å². The predicted octanol–water partition coefficient (Wildman–Crippen LogP) is 1.56. The van der Waals surface area contributed by atoms with E-state index < -0.39 is 27.8 Å². The summed E-state index contributed by atoms with van der Waals surface area (Å²) < 4.78 is 37.3. The van der Waals surface area contributed by atoms with E-state index in [2.05, 4.69) is 15.6 Å². The maximum Gasteiger partial charge on any atom is 0.325 e. The molecule has 13 heteroatoms. The van der Waals surface area contributed by atoms with E-state index in [1.54, 1.807) is 6.92 Å². The van der Waals surface area contributed by atoms with Gasteiger partial charge < -0.3 is 20.1 Å². The number of carbonyl (C=O) groups excluding carboxylic acids is 4. The number of benzene rings is 1. The number of pyridine rings is 1. The Kier molecular flexibility index (Phi) is 9.77. The summed E-state index contributed by atoms with van der Waals surface area (Å²) in [4.78, 5) is 52.6. The van der Waals surface area contributed by atoms with Gasteiger partial charge in [0.1, 0.15) is 6.54 Å². The highest BCUT2D eigenvalue weighted by Crippen LogP contribution is 2.20. The number of sulfonamides is 1. The predicted molar refractivity (Wildman–Crippen MR) is 135 cm³/mol. The van der Waals surface area contributed by atoms with Gasteiger partial charge in [-0.15, -0.1) is 0 Å². The molecular formula is C25H30N4O8S. The number of methoxy groups -OCH3 is 1. The summed E-state index contributed by atoms with van der Waals surface area (Å²) in [5.74, 6) is -2.78. The topological polar surface area (TPSA) is 170 Å². The zero-order valence-electron chi connectivity index (χ0n) is 21.1. The number of hydrogen-bond donors (Lipinski definition) is 3. The molecule has 38 heavy (non-hydrogen) atoms. The van der Waals surface area contributed by atoms with Gasteiger partial charge in [0.05, 0.1) is 24.2 Å². The minimum Gasteiger partial charge on any atom is -0.494 e. The van der Waals surface area contributed by atoms with E-state index in [-0.39, 0.29) is 47.0 Å². The summed E-state index contributed by atoms with van der Waals surface area (Å²) in [5, 5.41) is 5.28. The van der Waals surface area contributed by atoms with Crippen molar-refractivity contribution in [3.8, 4) is 5.75 Å². The fraction of sp³-hybridized carbons (Fsp3) is 0.400. The SMILES string of the molecule is CCOC(=O)CNC(=O)c1ncc(C(=O)NS(=O)(=O)c2ccc(C(=O)NC3CCCCC3)cc2)cc1OC. The molecule has 0 saturated heterocycles. The Bertz CT molecular complexity index is 1290. The van der Waals surface area contributed by atoms with Crippen LogP contribution in [0.25, 0.3) is 0 Å². The van der Waals surface area contributed by atoms with Crippen molar-refractivity contribution in [2.45, 2.75) is 50.0 Å². The summed E-state index contributed by atoms with van der Waals surface area (Å²) in [5.41, 5.74) is -0.0826. The van der Waals surface area contributed by atoms with Crippen molar-refractivity contribution in [3.05, 3.63) is 53.3 Å². The summed E-state index contributed by atoms with van der Waals surface area (Å²) in [7, 11) is -3.04. The molecule has 3 amide bonds. The molecule has 0 spiro atoms. The van der Waals surface area contributed by atoms with Crippen LogP contribution >= 0.6 is 0 Å². The zero-order chi connectivity index (χ0) is 27.7. The highest BCUT2D eigenvalue weighted by Gasteiger charge is 2.23. The lowest BCUT2D eigenvalue weighted by molar-refractivity contribution is -0.141. The molecule has 1 aliphatic carbocycles. The lowest BCUT2D eigenvalue weighted by atomic mass is 9.95. The number of amides is 3. The van der Waals surface area contributed by atoms with Gasteiger partial charge in [-0.1, -0.05) is 19.3 Å².